The van der Waals surface area contributed by atoms with Crippen LogP contribution in [0.5, 0.6) is 0 Å². The van der Waals surface area contributed by atoms with Crippen LogP contribution in [0.4, 0.5) is 0 Å². The molecule has 55 valence electrons. The first kappa shape index (κ1) is 6.94. The number of hydrogen-bond acceptors (Lipinski definition) is 4. The van der Waals surface area contributed by atoms with Gasteiger partial charge in [-0.1, -0.05) is 11.6 Å². The number of aromatic nitrogens is 3. The zero-order chi connectivity index (χ0) is 7.84. The molecule has 0 aromatic carbocycles. The van der Waals surface area contributed by atoms with Gasteiger partial charge >= 0.3 is 0 Å². The smallest absolute Gasteiger partial charge is 0.171 e. The highest BCUT2D eigenvalue weighted by molar-refractivity contribution is 7.17. The van der Waals surface area contributed by atoms with Crippen LogP contribution in [-0.2, 0) is 0 Å². The molecule has 0 aliphatic rings. The van der Waals surface area contributed by atoms with Gasteiger partial charge in [0.05, 0.1) is 10.4 Å². The minimum atomic E-state index is 0.407. The van der Waals surface area contributed by atoms with Crippen LogP contribution in [0.25, 0.3) is 10.2 Å². The lowest BCUT2D eigenvalue weighted by atomic mass is 10.4. The van der Waals surface area contributed by atoms with E-state index in [0.717, 1.165) is 15.9 Å². The summed E-state index contributed by atoms with van der Waals surface area (Å²) in [5.41, 5.74) is 4.34. The fourth-order valence-electron chi connectivity index (χ4n) is 0.810. The molecule has 5 heteroatoms. The van der Waals surface area contributed by atoms with E-state index in [9.17, 15) is 0 Å². The first-order valence-corrected chi connectivity index (χ1v) is 4.14. The molecule has 0 unspecified atom stereocenters. The van der Waals surface area contributed by atoms with Crippen molar-refractivity contribution in [1.82, 2.24) is 15.2 Å². The van der Waals surface area contributed by atoms with Gasteiger partial charge in [0, 0.05) is 0 Å². The van der Waals surface area contributed by atoms with Crippen LogP contribution >= 0.6 is 22.9 Å². The molecule has 0 fully saturated rings. The van der Waals surface area contributed by atoms with Gasteiger partial charge in [0.1, 0.15) is 5.52 Å². The van der Waals surface area contributed by atoms with E-state index >= 15 is 0 Å². The molecule has 2 rings (SSSR count). The lowest BCUT2D eigenvalue weighted by molar-refractivity contribution is 0.999. The number of thiazole rings is 1. The molecule has 0 saturated heterocycles. The van der Waals surface area contributed by atoms with Gasteiger partial charge in [-0.3, -0.25) is 0 Å². The maximum absolute atomic E-state index is 5.75. The van der Waals surface area contributed by atoms with Crippen molar-refractivity contribution in [3.05, 3.63) is 16.4 Å². The Hall–Kier alpha value is -0.740. The Labute approximate surface area is 72.0 Å². The van der Waals surface area contributed by atoms with Crippen molar-refractivity contribution in [3.63, 3.8) is 0 Å². The van der Waals surface area contributed by atoms with E-state index in [2.05, 4.69) is 20.7 Å². The molecular weight excluding hydrogens is 182 g/mol. The normalized spacial score (nSPS) is 10.7. The predicted molar refractivity (Wildman–Crippen MR) is 43.8 cm³/mol. The molecule has 0 bridgehead atoms. The van der Waals surface area contributed by atoms with Gasteiger partial charge < -0.3 is 0 Å². The number of fused-ring (bicyclic) bond motifs is 1. The minimum Gasteiger partial charge on any atom is -0.231 e. The third-order valence-corrected chi connectivity index (χ3v) is 2.49. The largest absolute Gasteiger partial charge is 0.231 e. The lowest BCUT2D eigenvalue weighted by Gasteiger charge is -1.92. The summed E-state index contributed by atoms with van der Waals surface area (Å²) in [6, 6.07) is 0. The summed E-state index contributed by atoms with van der Waals surface area (Å²) in [4.78, 5) is 3.99. The molecule has 0 spiro atoms. The van der Waals surface area contributed by atoms with Gasteiger partial charge in [0.15, 0.2) is 10.7 Å². The van der Waals surface area contributed by atoms with E-state index in [-0.39, 0.29) is 0 Å². The van der Waals surface area contributed by atoms with Crippen LogP contribution in [0.2, 0.25) is 5.15 Å². The molecule has 0 N–H and O–H groups in total. The van der Waals surface area contributed by atoms with Gasteiger partial charge in [0.2, 0.25) is 0 Å². The summed E-state index contributed by atoms with van der Waals surface area (Å²) in [6.07, 6.45) is 0. The first-order chi connectivity index (χ1) is 5.29. The van der Waals surface area contributed by atoms with Crippen molar-refractivity contribution >= 4 is 33.2 Å². The fourth-order valence-corrected chi connectivity index (χ4v) is 1.70. The molecule has 2 aromatic rings. The summed E-state index contributed by atoms with van der Waals surface area (Å²) in [7, 11) is 0. The third kappa shape index (κ3) is 0.985. The van der Waals surface area contributed by atoms with Crippen molar-refractivity contribution in [2.75, 3.05) is 0 Å². The number of rotatable bonds is 0. The van der Waals surface area contributed by atoms with Crippen molar-refractivity contribution in [2.45, 2.75) is 6.92 Å². The molecule has 0 saturated carbocycles. The van der Waals surface area contributed by atoms with Crippen LogP contribution in [0.15, 0.2) is 0 Å². The first-order valence-electron chi connectivity index (χ1n) is 2.94. The van der Waals surface area contributed by atoms with E-state index in [1.54, 1.807) is 0 Å². The Morgan fingerprint density at radius 3 is 3.00 bits per heavy atom. The van der Waals surface area contributed by atoms with Crippen LogP contribution in [-0.4, -0.2) is 15.2 Å². The molecule has 2 aromatic heterocycles. The zero-order valence-electron chi connectivity index (χ0n) is 5.63. The maximum Gasteiger partial charge on any atom is 0.171 e. The Morgan fingerprint density at radius 2 is 2.27 bits per heavy atom. The van der Waals surface area contributed by atoms with E-state index in [1.165, 1.54) is 11.3 Å². The molecular formula is C6H3ClN3S. The van der Waals surface area contributed by atoms with E-state index in [4.69, 9.17) is 11.6 Å². The molecule has 11 heavy (non-hydrogen) atoms. The fraction of sp³-hybridized carbons (Fsp3) is 0.167. The predicted octanol–water partition coefficient (Wildman–Crippen LogP) is 1.85. The van der Waals surface area contributed by atoms with Crippen LogP contribution < -0.4 is 0 Å². The highest BCUT2D eigenvalue weighted by Crippen LogP contribution is 2.24. The zero-order valence-corrected chi connectivity index (χ0v) is 7.20. The number of aryl methyl sites for hydroxylation is 1. The topological polar surface area (TPSA) is 38.7 Å². The van der Waals surface area contributed by atoms with Crippen molar-refractivity contribution in [2.24, 2.45) is 0 Å². The second-order valence-electron chi connectivity index (χ2n) is 2.06. The van der Waals surface area contributed by atoms with Gasteiger partial charge in [-0.2, -0.15) is 5.10 Å². The Balaban J connectivity index is 2.96. The number of nitrogens with zero attached hydrogens (tertiary/aromatic N) is 3. The minimum absolute atomic E-state index is 0.407. The lowest BCUT2D eigenvalue weighted by Crippen LogP contribution is -1.87. The van der Waals surface area contributed by atoms with Gasteiger partial charge in [-0.05, 0) is 6.92 Å². The summed E-state index contributed by atoms with van der Waals surface area (Å²) in [5.74, 6) is 0. The van der Waals surface area contributed by atoms with Crippen LogP contribution in [0, 0.1) is 12.4 Å². The third-order valence-electron chi connectivity index (χ3n) is 1.34. The SMILES string of the molecule is Cc1nnc(Cl)c2s[c]nc12. The quantitative estimate of drug-likeness (QED) is 0.627. The maximum atomic E-state index is 5.75. The Bertz CT molecular complexity index is 362. The second-order valence-corrected chi connectivity index (χ2v) is 3.21. The van der Waals surface area contributed by atoms with Crippen molar-refractivity contribution in [3.8, 4) is 0 Å². The second kappa shape index (κ2) is 2.39. The molecule has 0 aliphatic carbocycles. The van der Waals surface area contributed by atoms with E-state index in [1.807, 2.05) is 6.92 Å². The molecule has 2 heterocycles. The molecule has 0 atom stereocenters. The summed E-state index contributed by atoms with van der Waals surface area (Å²) in [6.45, 7) is 1.85. The van der Waals surface area contributed by atoms with Crippen LogP contribution in [0.3, 0.4) is 0 Å². The highest BCUT2D eigenvalue weighted by Gasteiger charge is 2.06. The van der Waals surface area contributed by atoms with Crippen molar-refractivity contribution in [1.29, 1.82) is 0 Å². The van der Waals surface area contributed by atoms with Gasteiger partial charge in [0.25, 0.3) is 0 Å². The van der Waals surface area contributed by atoms with Gasteiger partial charge in [-0.25, -0.2) is 4.98 Å². The number of hydrogen-bond donors (Lipinski definition) is 0. The van der Waals surface area contributed by atoms with E-state index in [0.29, 0.717) is 5.15 Å². The summed E-state index contributed by atoms with van der Waals surface area (Å²) >= 11 is 7.10. The molecule has 0 aliphatic heterocycles. The molecule has 3 nitrogen and oxygen atoms in total. The van der Waals surface area contributed by atoms with Crippen LogP contribution in [0.1, 0.15) is 5.69 Å². The monoisotopic (exact) mass is 184 g/mol. The van der Waals surface area contributed by atoms with E-state index < -0.39 is 0 Å². The Kier molecular flexibility index (Phi) is 1.51. The molecule has 1 radical (unpaired) electrons. The average Bonchev–Trinajstić information content (AvgIpc) is 2.45. The summed E-state index contributed by atoms with van der Waals surface area (Å²) in [5, 5.41) is 7.97. The van der Waals surface area contributed by atoms with Gasteiger partial charge in [-0.15, -0.1) is 16.4 Å². The molecule has 0 amide bonds. The Morgan fingerprint density at radius 1 is 1.45 bits per heavy atom. The average molecular weight is 185 g/mol. The summed E-state index contributed by atoms with van der Waals surface area (Å²) < 4.78 is 0.860. The number of halogens is 1. The standard InChI is InChI=1S/C6H3ClN3S/c1-3-4-5(11-2-8-4)6(7)10-9-3/h1H3. The highest BCUT2D eigenvalue weighted by atomic mass is 35.5. The van der Waals surface area contributed by atoms with Crippen molar-refractivity contribution < 1.29 is 0 Å².